The van der Waals surface area contributed by atoms with E-state index in [1.165, 1.54) is 0 Å². The highest BCUT2D eigenvalue weighted by molar-refractivity contribution is 4.98. The van der Waals surface area contributed by atoms with Crippen LogP contribution in [0.5, 0.6) is 0 Å². The highest BCUT2D eigenvalue weighted by Crippen LogP contribution is 2.06. The lowest BCUT2D eigenvalue weighted by atomic mass is 10.3. The zero-order chi connectivity index (χ0) is 11.4. The normalized spacial score (nSPS) is 18.5. The summed E-state index contributed by atoms with van der Waals surface area (Å²) in [5.74, 6) is 0. The van der Waals surface area contributed by atoms with Gasteiger partial charge in [0.25, 0.3) is 0 Å². The van der Waals surface area contributed by atoms with Crippen LogP contribution in [0.25, 0.3) is 0 Å². The summed E-state index contributed by atoms with van der Waals surface area (Å²) < 4.78 is 1.83. The Morgan fingerprint density at radius 1 is 1.31 bits per heavy atom. The van der Waals surface area contributed by atoms with E-state index >= 15 is 0 Å². The summed E-state index contributed by atoms with van der Waals surface area (Å²) in [5.41, 5.74) is 1.12. The first-order chi connectivity index (χ1) is 7.78. The maximum Gasteiger partial charge on any atom is 0.0866 e. The Labute approximate surface area is 95.9 Å². The number of nitrogens with zero attached hydrogens (tertiary/aromatic N) is 5. The van der Waals surface area contributed by atoms with Gasteiger partial charge in [-0.15, -0.1) is 0 Å². The Bertz CT molecular complexity index is 370. The minimum Gasteiger partial charge on any atom is -0.295 e. The molecule has 86 valence electrons. The summed E-state index contributed by atoms with van der Waals surface area (Å²) in [5, 5.41) is 13.0. The van der Waals surface area contributed by atoms with E-state index in [4.69, 9.17) is 5.26 Å². The van der Waals surface area contributed by atoms with Crippen molar-refractivity contribution in [3.05, 3.63) is 18.0 Å². The summed E-state index contributed by atoms with van der Waals surface area (Å²) in [6.45, 7) is 5.50. The molecule has 0 aromatic carbocycles. The molecule has 5 nitrogen and oxygen atoms in total. The topological polar surface area (TPSA) is 48.1 Å². The van der Waals surface area contributed by atoms with Crippen molar-refractivity contribution in [2.45, 2.75) is 6.54 Å². The maximum atomic E-state index is 8.60. The fraction of sp³-hybridized carbons (Fsp3) is 0.636. The number of hydrogen-bond donors (Lipinski definition) is 0. The van der Waals surface area contributed by atoms with Gasteiger partial charge in [-0.3, -0.25) is 14.5 Å². The van der Waals surface area contributed by atoms with Gasteiger partial charge in [-0.2, -0.15) is 10.4 Å². The van der Waals surface area contributed by atoms with Gasteiger partial charge in [0.15, 0.2) is 0 Å². The van der Waals surface area contributed by atoms with Gasteiger partial charge in [0, 0.05) is 46.0 Å². The SMILES string of the molecule is Cn1ccc(CN2CCN(CC#N)CC2)n1. The van der Waals surface area contributed by atoms with E-state index in [1.807, 2.05) is 17.9 Å². The molecule has 2 heterocycles. The van der Waals surface area contributed by atoms with Gasteiger partial charge in [0.05, 0.1) is 18.3 Å². The first kappa shape index (κ1) is 11.1. The summed E-state index contributed by atoms with van der Waals surface area (Å²) >= 11 is 0. The monoisotopic (exact) mass is 219 g/mol. The molecule has 0 amide bonds. The maximum absolute atomic E-state index is 8.60. The molecule has 0 bridgehead atoms. The summed E-state index contributed by atoms with van der Waals surface area (Å²) in [6.07, 6.45) is 1.97. The van der Waals surface area contributed by atoms with Crippen molar-refractivity contribution >= 4 is 0 Å². The van der Waals surface area contributed by atoms with E-state index in [2.05, 4.69) is 27.0 Å². The minimum absolute atomic E-state index is 0.553. The predicted octanol–water partition coefficient (Wildman–Crippen LogP) is 0.0613. The predicted molar refractivity (Wildman–Crippen MR) is 60.5 cm³/mol. The van der Waals surface area contributed by atoms with Gasteiger partial charge in [0.2, 0.25) is 0 Å². The third kappa shape index (κ3) is 2.81. The van der Waals surface area contributed by atoms with Crippen LogP contribution < -0.4 is 0 Å². The molecule has 0 spiro atoms. The van der Waals surface area contributed by atoms with Gasteiger partial charge >= 0.3 is 0 Å². The third-order valence-electron chi connectivity index (χ3n) is 2.91. The van der Waals surface area contributed by atoms with Crippen molar-refractivity contribution < 1.29 is 0 Å². The Morgan fingerprint density at radius 2 is 2.00 bits per heavy atom. The molecule has 0 unspecified atom stereocenters. The van der Waals surface area contributed by atoms with Crippen molar-refractivity contribution in [3.63, 3.8) is 0 Å². The smallest absolute Gasteiger partial charge is 0.0866 e. The van der Waals surface area contributed by atoms with Crippen molar-refractivity contribution in [2.75, 3.05) is 32.7 Å². The quantitative estimate of drug-likeness (QED) is 0.675. The van der Waals surface area contributed by atoms with Gasteiger partial charge in [-0.1, -0.05) is 0 Å². The third-order valence-corrected chi connectivity index (χ3v) is 2.91. The highest BCUT2D eigenvalue weighted by atomic mass is 15.3. The molecule has 1 fully saturated rings. The first-order valence-electron chi connectivity index (χ1n) is 5.58. The molecule has 1 saturated heterocycles. The number of aryl methyl sites for hydroxylation is 1. The molecule has 1 aromatic heterocycles. The van der Waals surface area contributed by atoms with E-state index in [0.29, 0.717) is 6.54 Å². The van der Waals surface area contributed by atoms with Crippen LogP contribution in [0.15, 0.2) is 12.3 Å². The lowest BCUT2D eigenvalue weighted by Gasteiger charge is -2.32. The van der Waals surface area contributed by atoms with E-state index < -0.39 is 0 Å². The number of hydrogen-bond acceptors (Lipinski definition) is 4. The van der Waals surface area contributed by atoms with Crippen LogP contribution in [-0.2, 0) is 13.6 Å². The number of nitriles is 1. The first-order valence-corrected chi connectivity index (χ1v) is 5.58. The van der Waals surface area contributed by atoms with Crippen LogP contribution >= 0.6 is 0 Å². The Morgan fingerprint density at radius 3 is 2.56 bits per heavy atom. The molecular weight excluding hydrogens is 202 g/mol. The van der Waals surface area contributed by atoms with Gasteiger partial charge < -0.3 is 0 Å². The van der Waals surface area contributed by atoms with E-state index in [1.54, 1.807) is 0 Å². The van der Waals surface area contributed by atoms with Crippen molar-refractivity contribution in [1.29, 1.82) is 5.26 Å². The fourth-order valence-electron chi connectivity index (χ4n) is 1.98. The Balaban J connectivity index is 1.79. The fourth-order valence-corrected chi connectivity index (χ4v) is 1.98. The van der Waals surface area contributed by atoms with Crippen LogP contribution in [-0.4, -0.2) is 52.3 Å². The summed E-state index contributed by atoms with van der Waals surface area (Å²) in [7, 11) is 1.94. The van der Waals surface area contributed by atoms with E-state index in [9.17, 15) is 0 Å². The average Bonchev–Trinajstić information content (AvgIpc) is 2.67. The van der Waals surface area contributed by atoms with Crippen molar-refractivity contribution in [3.8, 4) is 6.07 Å². The molecule has 16 heavy (non-hydrogen) atoms. The van der Waals surface area contributed by atoms with Gasteiger partial charge in [-0.25, -0.2) is 0 Å². The van der Waals surface area contributed by atoms with E-state index in [0.717, 1.165) is 38.4 Å². The van der Waals surface area contributed by atoms with Crippen LogP contribution in [0.2, 0.25) is 0 Å². The number of aromatic nitrogens is 2. The molecule has 0 atom stereocenters. The van der Waals surface area contributed by atoms with Gasteiger partial charge in [0.1, 0.15) is 0 Å². The van der Waals surface area contributed by atoms with E-state index in [-0.39, 0.29) is 0 Å². The molecule has 1 aliphatic rings. The Hall–Kier alpha value is -1.38. The zero-order valence-corrected chi connectivity index (χ0v) is 9.63. The van der Waals surface area contributed by atoms with Crippen LogP contribution in [0, 0.1) is 11.3 Å². The zero-order valence-electron chi connectivity index (χ0n) is 9.63. The highest BCUT2D eigenvalue weighted by Gasteiger charge is 2.16. The largest absolute Gasteiger partial charge is 0.295 e. The molecule has 0 radical (unpaired) electrons. The second-order valence-corrected chi connectivity index (χ2v) is 4.19. The van der Waals surface area contributed by atoms with Crippen LogP contribution in [0.1, 0.15) is 5.69 Å². The molecule has 0 saturated carbocycles. The molecule has 1 aliphatic heterocycles. The van der Waals surface area contributed by atoms with Gasteiger partial charge in [-0.05, 0) is 6.07 Å². The minimum atomic E-state index is 0.553. The van der Waals surface area contributed by atoms with Crippen LogP contribution in [0.3, 0.4) is 0 Å². The summed E-state index contributed by atoms with van der Waals surface area (Å²) in [4.78, 5) is 4.57. The lowest BCUT2D eigenvalue weighted by molar-refractivity contribution is 0.137. The summed E-state index contributed by atoms with van der Waals surface area (Å²) in [6, 6.07) is 4.25. The second-order valence-electron chi connectivity index (χ2n) is 4.19. The molecule has 1 aromatic rings. The second kappa shape index (κ2) is 5.10. The number of piperazine rings is 1. The molecular formula is C11H17N5. The molecule has 0 N–H and O–H groups in total. The average molecular weight is 219 g/mol. The molecule has 0 aliphatic carbocycles. The van der Waals surface area contributed by atoms with Crippen molar-refractivity contribution in [2.24, 2.45) is 7.05 Å². The molecule has 2 rings (SSSR count). The van der Waals surface area contributed by atoms with Crippen LogP contribution in [0.4, 0.5) is 0 Å². The standard InChI is InChI=1S/C11H17N5/c1-14-4-2-11(13-14)10-16-8-6-15(5-3-12)7-9-16/h2,4H,5-10H2,1H3. The molecule has 5 heteroatoms. The van der Waals surface area contributed by atoms with Crippen molar-refractivity contribution in [1.82, 2.24) is 19.6 Å². The lowest BCUT2D eigenvalue weighted by Crippen LogP contribution is -2.45. The number of rotatable bonds is 3. The Kier molecular flexibility index (Phi) is 3.54.